The van der Waals surface area contributed by atoms with E-state index in [2.05, 4.69) is 0 Å². The molecule has 2 aromatic rings. The molecule has 102 valence electrons. The van der Waals surface area contributed by atoms with Gasteiger partial charge in [0.2, 0.25) is 5.60 Å². The van der Waals surface area contributed by atoms with Crippen LogP contribution in [0.4, 0.5) is 0 Å². The molecule has 1 heterocycles. The van der Waals surface area contributed by atoms with Crippen LogP contribution in [0.25, 0.3) is 0 Å². The first-order valence-electron chi connectivity index (χ1n) is 6.63. The highest BCUT2D eigenvalue weighted by atomic mass is 16.6. The van der Waals surface area contributed by atoms with Gasteiger partial charge in [-0.2, -0.15) is 0 Å². The van der Waals surface area contributed by atoms with Crippen molar-refractivity contribution in [3.8, 4) is 5.75 Å². The van der Waals surface area contributed by atoms with Gasteiger partial charge >= 0.3 is 5.97 Å². The van der Waals surface area contributed by atoms with Crippen molar-refractivity contribution in [1.29, 1.82) is 0 Å². The molecule has 3 rings (SSSR count). The normalized spacial score (nSPS) is 20.1. The molecular weight excluding hydrogens is 252 g/mol. The Labute approximate surface area is 118 Å². The Hall–Kier alpha value is -2.29. The first-order valence-corrected chi connectivity index (χ1v) is 6.63. The zero-order valence-electron chi connectivity index (χ0n) is 11.3. The molecule has 1 unspecified atom stereocenters. The lowest BCUT2D eigenvalue weighted by atomic mass is 9.90. The molecule has 1 aliphatic heterocycles. The van der Waals surface area contributed by atoms with Crippen molar-refractivity contribution >= 4 is 5.97 Å². The van der Waals surface area contributed by atoms with Gasteiger partial charge in [0, 0.05) is 12.8 Å². The van der Waals surface area contributed by atoms with Gasteiger partial charge in [-0.3, -0.25) is 0 Å². The van der Waals surface area contributed by atoms with E-state index in [-0.39, 0.29) is 5.97 Å². The number of fused-ring (bicyclic) bond motifs is 1. The summed E-state index contributed by atoms with van der Waals surface area (Å²) in [5.74, 6) is 0.450. The van der Waals surface area contributed by atoms with Gasteiger partial charge in [-0.15, -0.1) is 0 Å². The Kier molecular flexibility index (Phi) is 3.18. The van der Waals surface area contributed by atoms with Gasteiger partial charge in [0.25, 0.3) is 0 Å². The fourth-order valence-corrected chi connectivity index (χ4v) is 2.70. The number of carbonyl (C=O) groups is 1. The molecule has 3 nitrogen and oxygen atoms in total. The Morgan fingerprint density at radius 2 is 1.85 bits per heavy atom. The Bertz CT molecular complexity index is 594. The third-order valence-corrected chi connectivity index (χ3v) is 3.64. The second-order valence-electron chi connectivity index (χ2n) is 5.03. The molecule has 0 saturated carbocycles. The van der Waals surface area contributed by atoms with E-state index in [1.807, 2.05) is 54.6 Å². The van der Waals surface area contributed by atoms with Crippen molar-refractivity contribution in [1.82, 2.24) is 0 Å². The molecule has 0 amide bonds. The highest BCUT2D eigenvalue weighted by Crippen LogP contribution is 2.37. The molecule has 0 aromatic heterocycles. The fraction of sp³-hybridized carbons (Fsp3) is 0.235. The van der Waals surface area contributed by atoms with Crippen molar-refractivity contribution in [3.05, 3.63) is 65.7 Å². The number of ether oxygens (including phenoxy) is 2. The zero-order valence-corrected chi connectivity index (χ0v) is 11.3. The van der Waals surface area contributed by atoms with Crippen molar-refractivity contribution in [2.75, 3.05) is 7.11 Å². The SMILES string of the molecule is COC(=O)C1(Cc2ccccc2)Cc2ccccc2O1. The van der Waals surface area contributed by atoms with Crippen molar-refractivity contribution < 1.29 is 14.3 Å². The summed E-state index contributed by atoms with van der Waals surface area (Å²) in [5.41, 5.74) is 1.17. The molecule has 3 heteroatoms. The number of benzene rings is 2. The second-order valence-corrected chi connectivity index (χ2v) is 5.03. The van der Waals surface area contributed by atoms with Gasteiger partial charge < -0.3 is 9.47 Å². The van der Waals surface area contributed by atoms with E-state index in [1.54, 1.807) is 0 Å². The summed E-state index contributed by atoms with van der Waals surface area (Å²) in [5, 5.41) is 0. The number of carbonyl (C=O) groups excluding carboxylic acids is 1. The smallest absolute Gasteiger partial charge is 0.350 e. The molecular formula is C17H16O3. The lowest BCUT2D eigenvalue weighted by Gasteiger charge is -2.26. The van der Waals surface area contributed by atoms with Crippen molar-refractivity contribution in [3.63, 3.8) is 0 Å². The number of para-hydroxylation sites is 1. The molecule has 0 N–H and O–H groups in total. The molecule has 1 atom stereocenters. The highest BCUT2D eigenvalue weighted by molar-refractivity contribution is 5.82. The number of methoxy groups -OCH3 is 1. The number of esters is 1. The number of hydrogen-bond acceptors (Lipinski definition) is 3. The van der Waals surface area contributed by atoms with Crippen LogP contribution in [0.2, 0.25) is 0 Å². The average molecular weight is 268 g/mol. The standard InChI is InChI=1S/C17H16O3/c1-19-16(18)17(11-13-7-3-2-4-8-13)12-14-9-5-6-10-15(14)20-17/h2-10H,11-12H2,1H3. The molecule has 0 saturated heterocycles. The molecule has 0 spiro atoms. The van der Waals surface area contributed by atoms with E-state index in [9.17, 15) is 4.79 Å². The summed E-state index contributed by atoms with van der Waals surface area (Å²) < 4.78 is 11.0. The summed E-state index contributed by atoms with van der Waals surface area (Å²) in [7, 11) is 1.40. The number of hydrogen-bond donors (Lipinski definition) is 0. The monoisotopic (exact) mass is 268 g/mol. The third-order valence-electron chi connectivity index (χ3n) is 3.64. The quantitative estimate of drug-likeness (QED) is 0.803. The lowest BCUT2D eigenvalue weighted by molar-refractivity contribution is -0.157. The van der Waals surface area contributed by atoms with Gasteiger partial charge in [-0.05, 0) is 17.2 Å². The summed E-state index contributed by atoms with van der Waals surface area (Å²) in [6.07, 6.45) is 1.06. The van der Waals surface area contributed by atoms with E-state index in [0.717, 1.165) is 16.9 Å². The average Bonchev–Trinajstić information content (AvgIpc) is 2.86. The highest BCUT2D eigenvalue weighted by Gasteiger charge is 2.47. The van der Waals surface area contributed by atoms with Crippen LogP contribution in [0.5, 0.6) is 5.75 Å². The van der Waals surface area contributed by atoms with E-state index in [1.165, 1.54) is 7.11 Å². The molecule has 2 aromatic carbocycles. The predicted octanol–water partition coefficient (Wildman–Crippen LogP) is 2.78. The second kappa shape index (κ2) is 5.00. The first-order chi connectivity index (χ1) is 9.73. The fourth-order valence-electron chi connectivity index (χ4n) is 2.70. The van der Waals surface area contributed by atoms with E-state index >= 15 is 0 Å². The maximum absolute atomic E-state index is 12.3. The maximum atomic E-state index is 12.3. The van der Waals surface area contributed by atoms with Crippen LogP contribution in [-0.2, 0) is 22.4 Å². The minimum absolute atomic E-state index is 0.322. The lowest BCUT2D eigenvalue weighted by Crippen LogP contribution is -2.46. The summed E-state index contributed by atoms with van der Waals surface area (Å²) in [4.78, 5) is 12.3. The van der Waals surface area contributed by atoms with Crippen LogP contribution in [0.15, 0.2) is 54.6 Å². The zero-order chi connectivity index (χ0) is 14.0. The molecule has 0 fully saturated rings. The first kappa shape index (κ1) is 12.7. The summed E-state index contributed by atoms with van der Waals surface area (Å²) in [6.45, 7) is 0. The van der Waals surface area contributed by atoms with E-state index in [0.29, 0.717) is 12.8 Å². The number of rotatable bonds is 3. The molecule has 0 radical (unpaired) electrons. The third kappa shape index (κ3) is 2.16. The molecule has 0 aliphatic carbocycles. The topological polar surface area (TPSA) is 35.5 Å². The largest absolute Gasteiger partial charge is 0.475 e. The Morgan fingerprint density at radius 1 is 1.15 bits per heavy atom. The van der Waals surface area contributed by atoms with Gasteiger partial charge in [-0.25, -0.2) is 4.79 Å². The van der Waals surface area contributed by atoms with Gasteiger partial charge in [0.1, 0.15) is 5.75 Å². The maximum Gasteiger partial charge on any atom is 0.350 e. The van der Waals surface area contributed by atoms with Gasteiger partial charge in [-0.1, -0.05) is 48.5 Å². The van der Waals surface area contributed by atoms with Crippen LogP contribution in [0.3, 0.4) is 0 Å². The Morgan fingerprint density at radius 3 is 2.55 bits per heavy atom. The van der Waals surface area contributed by atoms with Crippen molar-refractivity contribution in [2.24, 2.45) is 0 Å². The molecule has 1 aliphatic rings. The van der Waals surface area contributed by atoms with Crippen LogP contribution in [0, 0.1) is 0 Å². The van der Waals surface area contributed by atoms with Crippen LogP contribution in [-0.4, -0.2) is 18.7 Å². The summed E-state index contributed by atoms with van der Waals surface area (Å²) in [6, 6.07) is 17.6. The van der Waals surface area contributed by atoms with Crippen molar-refractivity contribution in [2.45, 2.75) is 18.4 Å². The summed E-state index contributed by atoms with van der Waals surface area (Å²) >= 11 is 0. The Balaban J connectivity index is 1.94. The predicted molar refractivity (Wildman–Crippen MR) is 75.7 cm³/mol. The van der Waals surface area contributed by atoms with Crippen LogP contribution >= 0.6 is 0 Å². The van der Waals surface area contributed by atoms with Crippen LogP contribution in [0.1, 0.15) is 11.1 Å². The minimum atomic E-state index is -0.945. The van der Waals surface area contributed by atoms with Gasteiger partial charge in [0.15, 0.2) is 0 Å². The van der Waals surface area contributed by atoms with Crippen LogP contribution < -0.4 is 4.74 Å². The van der Waals surface area contributed by atoms with Gasteiger partial charge in [0.05, 0.1) is 7.11 Å². The minimum Gasteiger partial charge on any atom is -0.475 e. The van der Waals surface area contributed by atoms with E-state index in [4.69, 9.17) is 9.47 Å². The molecule has 20 heavy (non-hydrogen) atoms. The molecule has 0 bridgehead atoms. The van der Waals surface area contributed by atoms with E-state index < -0.39 is 5.60 Å².